The van der Waals surface area contributed by atoms with Gasteiger partial charge in [0.2, 0.25) is 11.7 Å². The predicted molar refractivity (Wildman–Crippen MR) is 100.0 cm³/mol. The Morgan fingerprint density at radius 2 is 1.88 bits per heavy atom. The minimum atomic E-state index is -1.50. The number of aromatic nitrogens is 1. The van der Waals surface area contributed by atoms with Crippen LogP contribution < -0.4 is 5.32 Å². The van der Waals surface area contributed by atoms with E-state index in [2.05, 4.69) is 10.3 Å². The fraction of sp³-hybridized carbons (Fsp3) is 0.100. The first-order chi connectivity index (χ1) is 12.5. The summed E-state index contributed by atoms with van der Waals surface area (Å²) in [5, 5.41) is 13.3. The summed E-state index contributed by atoms with van der Waals surface area (Å²) in [5.74, 6) is -2.85. The Morgan fingerprint density at radius 3 is 2.65 bits per heavy atom. The maximum absolute atomic E-state index is 12.6. The summed E-state index contributed by atoms with van der Waals surface area (Å²) in [6.45, 7) is 1.74. The zero-order valence-electron chi connectivity index (χ0n) is 13.9. The van der Waals surface area contributed by atoms with Crippen LogP contribution in [0.4, 0.5) is 5.69 Å². The van der Waals surface area contributed by atoms with Gasteiger partial charge in [0.15, 0.2) is 5.92 Å². The number of nitriles is 1. The number of carbonyl (C=O) groups excluding carboxylic acids is 2. The van der Waals surface area contributed by atoms with Crippen molar-refractivity contribution >= 4 is 39.9 Å². The number of ketones is 1. The molecule has 0 aliphatic carbocycles. The van der Waals surface area contributed by atoms with Gasteiger partial charge in [0.25, 0.3) is 0 Å². The van der Waals surface area contributed by atoms with Gasteiger partial charge in [0.1, 0.15) is 5.69 Å². The fourth-order valence-electron chi connectivity index (χ4n) is 2.54. The molecule has 6 heteroatoms. The summed E-state index contributed by atoms with van der Waals surface area (Å²) >= 11 is 6.03. The van der Waals surface area contributed by atoms with E-state index in [4.69, 9.17) is 11.6 Å². The molecule has 0 aliphatic rings. The van der Waals surface area contributed by atoms with Gasteiger partial charge >= 0.3 is 0 Å². The largest absolute Gasteiger partial charge is 0.324 e. The van der Waals surface area contributed by atoms with Crippen LogP contribution in [0.1, 0.15) is 16.1 Å². The number of anilines is 1. The third-order valence-corrected chi connectivity index (χ3v) is 4.44. The van der Waals surface area contributed by atoms with Crippen molar-refractivity contribution in [2.75, 3.05) is 5.32 Å². The molecule has 3 rings (SSSR count). The molecule has 0 saturated heterocycles. The van der Waals surface area contributed by atoms with Gasteiger partial charge in [-0.05, 0) is 36.8 Å². The average molecular weight is 364 g/mol. The van der Waals surface area contributed by atoms with Crippen molar-refractivity contribution in [3.8, 4) is 6.07 Å². The number of Topliss-reactive ketones (excluding diaryl/α,β-unsaturated/α-hetero) is 1. The van der Waals surface area contributed by atoms with E-state index in [1.54, 1.807) is 49.4 Å². The lowest BCUT2D eigenvalue weighted by molar-refractivity contribution is -0.117. The van der Waals surface area contributed by atoms with Gasteiger partial charge in [-0.3, -0.25) is 9.59 Å². The highest BCUT2D eigenvalue weighted by atomic mass is 35.5. The molecule has 1 aromatic heterocycles. The van der Waals surface area contributed by atoms with Gasteiger partial charge in [-0.1, -0.05) is 41.9 Å². The van der Waals surface area contributed by atoms with Crippen LogP contribution in [-0.2, 0) is 4.79 Å². The Morgan fingerprint density at radius 1 is 1.12 bits per heavy atom. The standard InChI is InChI=1S/C20H14ClN3O2/c1-12-15(21)6-4-8-16(12)24-20(26)14(11-22)19(25)18-10-9-13-5-2-3-7-17(13)23-18/h2-10,14H,1H3,(H,24,26). The van der Waals surface area contributed by atoms with E-state index in [0.717, 1.165) is 5.39 Å². The third kappa shape index (κ3) is 3.41. The molecule has 3 aromatic rings. The Hall–Kier alpha value is -3.23. The molecule has 0 spiro atoms. The molecule has 0 bridgehead atoms. The number of pyridine rings is 1. The maximum Gasteiger partial charge on any atom is 0.249 e. The molecule has 1 heterocycles. The van der Waals surface area contributed by atoms with Gasteiger partial charge < -0.3 is 5.32 Å². The molecule has 1 N–H and O–H groups in total. The van der Waals surface area contributed by atoms with Crippen LogP contribution in [0.2, 0.25) is 5.02 Å². The summed E-state index contributed by atoms with van der Waals surface area (Å²) in [6, 6.07) is 17.4. The summed E-state index contributed by atoms with van der Waals surface area (Å²) in [4.78, 5) is 29.4. The molecule has 128 valence electrons. The number of carbonyl (C=O) groups is 2. The number of para-hydroxylation sites is 1. The number of benzene rings is 2. The Balaban J connectivity index is 1.87. The first-order valence-corrected chi connectivity index (χ1v) is 8.24. The number of hydrogen-bond donors (Lipinski definition) is 1. The van der Waals surface area contributed by atoms with Gasteiger partial charge in [-0.25, -0.2) is 4.98 Å². The highest BCUT2D eigenvalue weighted by Crippen LogP contribution is 2.24. The third-order valence-electron chi connectivity index (χ3n) is 4.03. The molecule has 0 fully saturated rings. The van der Waals surface area contributed by atoms with Crippen molar-refractivity contribution in [3.63, 3.8) is 0 Å². The lowest BCUT2D eigenvalue weighted by atomic mass is 10.0. The SMILES string of the molecule is Cc1c(Cl)cccc1NC(=O)C(C#N)C(=O)c1ccc2ccccc2n1. The zero-order valence-corrected chi connectivity index (χ0v) is 14.6. The van der Waals surface area contributed by atoms with Crippen molar-refractivity contribution in [3.05, 3.63) is 70.9 Å². The molecular weight excluding hydrogens is 350 g/mol. The molecule has 26 heavy (non-hydrogen) atoms. The molecule has 1 unspecified atom stereocenters. The number of halogens is 1. The van der Waals surface area contributed by atoms with Crippen LogP contribution in [0.5, 0.6) is 0 Å². The van der Waals surface area contributed by atoms with E-state index in [-0.39, 0.29) is 5.69 Å². The minimum Gasteiger partial charge on any atom is -0.324 e. The van der Waals surface area contributed by atoms with E-state index in [9.17, 15) is 14.9 Å². The van der Waals surface area contributed by atoms with Crippen molar-refractivity contribution < 1.29 is 9.59 Å². The number of nitrogens with zero attached hydrogens (tertiary/aromatic N) is 2. The van der Waals surface area contributed by atoms with E-state index in [1.165, 1.54) is 6.07 Å². The smallest absolute Gasteiger partial charge is 0.249 e. The molecule has 0 radical (unpaired) electrons. The Bertz CT molecular complexity index is 1060. The van der Waals surface area contributed by atoms with Crippen molar-refractivity contribution in [1.29, 1.82) is 5.26 Å². The molecule has 1 atom stereocenters. The second-order valence-corrected chi connectivity index (χ2v) is 6.12. The zero-order chi connectivity index (χ0) is 18.7. The van der Waals surface area contributed by atoms with Crippen LogP contribution in [0, 0.1) is 24.2 Å². The van der Waals surface area contributed by atoms with Crippen molar-refractivity contribution in [2.45, 2.75) is 6.92 Å². The lowest BCUT2D eigenvalue weighted by Crippen LogP contribution is -2.29. The highest BCUT2D eigenvalue weighted by molar-refractivity contribution is 6.31. The second-order valence-electron chi connectivity index (χ2n) is 5.72. The molecule has 1 amide bonds. The molecule has 2 aromatic carbocycles. The Labute approximate surface area is 155 Å². The van der Waals surface area contributed by atoms with E-state index >= 15 is 0 Å². The second kappa shape index (κ2) is 7.34. The topological polar surface area (TPSA) is 82.9 Å². The summed E-state index contributed by atoms with van der Waals surface area (Å²) in [6.07, 6.45) is 0. The predicted octanol–water partition coefficient (Wildman–Crippen LogP) is 4.16. The highest BCUT2D eigenvalue weighted by Gasteiger charge is 2.29. The van der Waals surface area contributed by atoms with Crippen LogP contribution >= 0.6 is 11.6 Å². The van der Waals surface area contributed by atoms with Crippen LogP contribution in [0.25, 0.3) is 10.9 Å². The molecule has 5 nitrogen and oxygen atoms in total. The molecular formula is C20H14ClN3O2. The van der Waals surface area contributed by atoms with Crippen molar-refractivity contribution in [2.24, 2.45) is 5.92 Å². The van der Waals surface area contributed by atoms with Gasteiger partial charge in [0.05, 0.1) is 11.6 Å². The quantitative estimate of drug-likeness (QED) is 0.557. The van der Waals surface area contributed by atoms with E-state index in [0.29, 0.717) is 21.8 Å². The lowest BCUT2D eigenvalue weighted by Gasteiger charge is -2.12. The number of amides is 1. The van der Waals surface area contributed by atoms with Crippen molar-refractivity contribution in [1.82, 2.24) is 4.98 Å². The average Bonchev–Trinajstić information content (AvgIpc) is 2.65. The summed E-state index contributed by atoms with van der Waals surface area (Å²) in [5.41, 5.74) is 1.83. The number of nitrogens with one attached hydrogen (secondary N) is 1. The number of rotatable bonds is 4. The maximum atomic E-state index is 12.6. The van der Waals surface area contributed by atoms with Crippen LogP contribution in [-0.4, -0.2) is 16.7 Å². The Kier molecular flexibility index (Phi) is 4.97. The normalized spacial score (nSPS) is 11.6. The van der Waals surface area contributed by atoms with Crippen LogP contribution in [0.3, 0.4) is 0 Å². The molecule has 0 aliphatic heterocycles. The first kappa shape index (κ1) is 17.6. The fourth-order valence-corrected chi connectivity index (χ4v) is 2.71. The number of hydrogen-bond acceptors (Lipinski definition) is 4. The van der Waals surface area contributed by atoms with E-state index < -0.39 is 17.6 Å². The van der Waals surface area contributed by atoms with E-state index in [1.807, 2.05) is 12.1 Å². The number of fused-ring (bicyclic) bond motifs is 1. The monoisotopic (exact) mass is 363 g/mol. The van der Waals surface area contributed by atoms with Crippen LogP contribution in [0.15, 0.2) is 54.6 Å². The van der Waals surface area contributed by atoms with Gasteiger partial charge in [0, 0.05) is 16.1 Å². The molecule has 0 saturated carbocycles. The minimum absolute atomic E-state index is 0.0771. The van der Waals surface area contributed by atoms with Gasteiger partial charge in [-0.15, -0.1) is 0 Å². The van der Waals surface area contributed by atoms with Gasteiger partial charge in [-0.2, -0.15) is 5.26 Å². The first-order valence-electron chi connectivity index (χ1n) is 7.87. The summed E-state index contributed by atoms with van der Waals surface area (Å²) < 4.78 is 0. The summed E-state index contributed by atoms with van der Waals surface area (Å²) in [7, 11) is 0.